The first kappa shape index (κ1) is 73.1. The van der Waals surface area contributed by atoms with E-state index in [0.717, 1.165) is 126 Å². The van der Waals surface area contributed by atoms with E-state index in [0.29, 0.717) is 79.5 Å². The molecule has 6 N–H and O–H groups in total. The van der Waals surface area contributed by atoms with E-state index >= 15 is 0 Å². The number of aliphatic hydroxyl groups is 1. The van der Waals surface area contributed by atoms with E-state index < -0.39 is 20.0 Å². The van der Waals surface area contributed by atoms with E-state index in [1.54, 1.807) is 51.8 Å². The Bertz CT molecular complexity index is 5000. The molecule has 21 heteroatoms. The minimum atomic E-state index is -3.37. The number of carbonyl (C=O) groups excluding carboxylic acids is 3. The summed E-state index contributed by atoms with van der Waals surface area (Å²) in [5.74, 6) is 3.83. The number of aliphatic hydroxyl groups excluding tert-OH is 1. The van der Waals surface area contributed by atoms with Crippen LogP contribution in [0.4, 0.5) is 0 Å². The molecule has 11 aromatic rings. The number of aromatic amines is 5. The van der Waals surface area contributed by atoms with Crippen molar-refractivity contribution in [3.63, 3.8) is 0 Å². The van der Waals surface area contributed by atoms with Crippen LogP contribution in [0.15, 0.2) is 188 Å². The third-order valence-corrected chi connectivity index (χ3v) is 26.0. The molecule has 0 spiro atoms. The van der Waals surface area contributed by atoms with Crippen LogP contribution in [0.2, 0.25) is 0 Å². The number of H-pyrrole nitrogens is 5. The van der Waals surface area contributed by atoms with Crippen LogP contribution in [0.1, 0.15) is 142 Å². The molecular formula is C83H98N10O9S2. The molecule has 5 aromatic heterocycles. The van der Waals surface area contributed by atoms with E-state index in [1.807, 2.05) is 54.4 Å². The number of fused-ring (bicyclic) bond motifs is 5. The predicted molar refractivity (Wildman–Crippen MR) is 415 cm³/mol. The standard InChI is InChI=1S/C19H20N2O2S.C17H20N2O.C16H22N2O2S.C16H18N2O2.C15H18N2O2/c22-24(23,16-6-2-1-3-7-16)21-12-10-15(11-13-21)18-14-20-19-9-5-4-8-17(18)19;20-17(13-5-6-13)19-9-7-12(8-10-19)15-11-18-16-4-2-1-3-14(15)16;1-2-11-21(19,20)18-9-7-13(8-10-18)15-12-17-16-6-4-3-5-14(15)16;1-11(19)18-7-5-12(6-8-18)15-10-17-16-4-3-13(20-2)9-14(15)16;18-10-15(19)17-7-5-11(6-8-17)13-9-16-14-4-2-1-3-12(13)14/h1-9,14-15,20H,10-13H2;1-4,11-13,18H,5-10H2;3-6,12-13,17H,2,7-11H2,1H3;3-5,9-10,17H,6-8H2,1-2H3;1-4,9,11,16,18H,5-8,10H2. The number of hydrogen-bond donors (Lipinski definition) is 6. The van der Waals surface area contributed by atoms with Gasteiger partial charge in [-0.3, -0.25) is 14.4 Å². The average molecular weight is 1440 g/mol. The quantitative estimate of drug-likeness (QED) is 0.0642. The van der Waals surface area contributed by atoms with Gasteiger partial charge in [-0.15, -0.1) is 0 Å². The molecule has 10 heterocycles. The Balaban J connectivity index is 0.000000116. The molecule has 1 aliphatic carbocycles. The van der Waals surface area contributed by atoms with Crippen molar-refractivity contribution >= 4 is 97.9 Å². The minimum absolute atomic E-state index is 0.140. The number of rotatable bonds is 13. The Morgan fingerprint density at radius 1 is 0.471 bits per heavy atom. The van der Waals surface area contributed by atoms with Crippen LogP contribution in [0, 0.1) is 5.92 Å². The normalized spacial score (nSPS) is 17.7. The number of sulfonamides is 2. The molecule has 0 bridgehead atoms. The lowest BCUT2D eigenvalue weighted by molar-refractivity contribution is -0.135. The highest BCUT2D eigenvalue weighted by Gasteiger charge is 2.36. The summed E-state index contributed by atoms with van der Waals surface area (Å²) in [5.41, 5.74) is 13.7. The molecule has 19 nitrogen and oxygen atoms in total. The van der Waals surface area contributed by atoms with Gasteiger partial charge in [-0.05, 0) is 183 Å². The first-order valence-electron chi connectivity index (χ1n) is 37.1. The Morgan fingerprint density at radius 2 is 0.885 bits per heavy atom. The third kappa shape index (κ3) is 16.8. The summed E-state index contributed by atoms with van der Waals surface area (Å²) in [6, 6.07) is 48.2. The summed E-state index contributed by atoms with van der Waals surface area (Å²) in [5, 5.41) is 15.2. The van der Waals surface area contributed by atoms with Crippen LogP contribution in [-0.2, 0) is 34.4 Å². The fraction of sp³-hybridized carbons (Fsp3) is 0.386. The van der Waals surface area contributed by atoms with Crippen LogP contribution < -0.4 is 4.74 Å². The third-order valence-electron chi connectivity index (χ3n) is 22.0. The molecular weight excluding hydrogens is 1350 g/mol. The van der Waals surface area contributed by atoms with Gasteiger partial charge in [-0.1, -0.05) is 104 Å². The zero-order chi connectivity index (χ0) is 72.3. The molecule has 0 atom stereocenters. The Labute approximate surface area is 610 Å². The zero-order valence-electron chi connectivity index (χ0n) is 59.9. The second-order valence-electron chi connectivity index (χ2n) is 28.4. The number of methoxy groups -OCH3 is 1. The second-order valence-corrected chi connectivity index (χ2v) is 32.4. The van der Waals surface area contributed by atoms with Gasteiger partial charge in [0.1, 0.15) is 12.4 Å². The van der Waals surface area contributed by atoms with Crippen molar-refractivity contribution in [2.75, 3.05) is 84.9 Å². The number of piperidine rings is 4. The van der Waals surface area contributed by atoms with Gasteiger partial charge in [0, 0.05) is 169 Å². The number of benzene rings is 6. The molecule has 0 unspecified atom stereocenters. The zero-order valence-corrected chi connectivity index (χ0v) is 61.6. The number of carbonyl (C=O) groups is 3. The van der Waals surface area contributed by atoms with Crippen molar-refractivity contribution < 1.29 is 41.1 Å². The van der Waals surface area contributed by atoms with Crippen molar-refractivity contribution in [3.05, 3.63) is 210 Å². The summed E-state index contributed by atoms with van der Waals surface area (Å²) in [4.78, 5) is 57.6. The molecule has 546 valence electrons. The maximum Gasteiger partial charge on any atom is 0.248 e. The number of nitrogens with one attached hydrogen (secondary N) is 5. The minimum Gasteiger partial charge on any atom is -0.497 e. The number of amides is 3. The van der Waals surface area contributed by atoms with Gasteiger partial charge in [0.25, 0.3) is 0 Å². The predicted octanol–water partition coefficient (Wildman–Crippen LogP) is 14.8. The van der Waals surface area contributed by atoms with E-state index in [4.69, 9.17) is 9.84 Å². The molecule has 6 aromatic carbocycles. The van der Waals surface area contributed by atoms with Crippen LogP contribution in [-0.4, -0.2) is 173 Å². The van der Waals surface area contributed by atoms with Gasteiger partial charge >= 0.3 is 0 Å². The lowest BCUT2D eigenvalue weighted by atomic mass is 9.89. The van der Waals surface area contributed by atoms with E-state index in [-0.39, 0.29) is 24.2 Å². The van der Waals surface area contributed by atoms with Crippen LogP contribution >= 0.6 is 0 Å². The van der Waals surface area contributed by atoms with Gasteiger partial charge in [0.15, 0.2) is 0 Å². The number of hydrogen-bond acceptors (Lipinski definition) is 9. The highest BCUT2D eigenvalue weighted by atomic mass is 32.2. The molecule has 6 aliphatic rings. The monoisotopic (exact) mass is 1440 g/mol. The number of nitrogens with zero attached hydrogens (tertiary/aromatic N) is 5. The lowest BCUT2D eigenvalue weighted by Gasteiger charge is -2.32. The topological polar surface area (TPSA) is 244 Å². The van der Waals surface area contributed by atoms with Gasteiger partial charge in [-0.2, -0.15) is 4.31 Å². The summed E-state index contributed by atoms with van der Waals surface area (Å²) in [6.45, 7) is 10.4. The maximum absolute atomic E-state index is 12.7. The Kier molecular flexibility index (Phi) is 23.4. The highest BCUT2D eigenvalue weighted by Crippen LogP contribution is 2.40. The van der Waals surface area contributed by atoms with Gasteiger partial charge < -0.3 is 49.5 Å². The van der Waals surface area contributed by atoms with E-state index in [9.17, 15) is 31.2 Å². The number of ether oxygens (including phenoxy) is 1. The first-order valence-corrected chi connectivity index (χ1v) is 40.2. The Morgan fingerprint density at radius 3 is 1.30 bits per heavy atom. The molecule has 5 aliphatic heterocycles. The van der Waals surface area contributed by atoms with E-state index in [2.05, 4.69) is 146 Å². The fourth-order valence-corrected chi connectivity index (χ4v) is 19.0. The highest BCUT2D eigenvalue weighted by molar-refractivity contribution is 7.89. The fourth-order valence-electron chi connectivity index (χ4n) is 15.9. The number of likely N-dealkylation sites (tertiary alicyclic amines) is 2. The summed E-state index contributed by atoms with van der Waals surface area (Å²) in [7, 11) is -4.74. The smallest absolute Gasteiger partial charge is 0.248 e. The largest absolute Gasteiger partial charge is 0.497 e. The molecule has 104 heavy (non-hydrogen) atoms. The summed E-state index contributed by atoms with van der Waals surface area (Å²) < 4.78 is 58.2. The van der Waals surface area contributed by atoms with Crippen molar-refractivity contribution in [3.8, 4) is 5.75 Å². The number of para-hydroxylation sites is 4. The average Bonchev–Trinajstić information content (AvgIpc) is 1.39. The van der Waals surface area contributed by atoms with Gasteiger partial charge in [-0.25, -0.2) is 21.1 Å². The molecule has 3 amide bonds. The number of aromatic nitrogens is 5. The first-order chi connectivity index (χ1) is 50.6. The molecule has 0 radical (unpaired) electrons. The SMILES string of the molecule is CCCS(=O)(=O)N1CCC(c2c[nH]c3ccccc23)CC1.COc1ccc2[nH]cc(C3=CCN(C(C)=O)CC3)c2c1.O=C(C1CC1)N1CCC(c2c[nH]c3ccccc23)CC1.O=C(CO)N1CCC(c2c[nH]c3ccccc23)CC1.O=S(=O)(c1ccccc1)N1CCC(c2c[nH]c3ccccc23)CC1. The Hall–Kier alpha value is -9.25. The molecule has 1 saturated carbocycles. The molecule has 17 rings (SSSR count). The van der Waals surface area contributed by atoms with Crippen molar-refractivity contribution in [2.24, 2.45) is 5.92 Å². The van der Waals surface area contributed by atoms with Gasteiger partial charge in [0.2, 0.25) is 37.8 Å². The van der Waals surface area contributed by atoms with Crippen LogP contribution in [0.3, 0.4) is 0 Å². The van der Waals surface area contributed by atoms with Crippen molar-refractivity contribution in [1.29, 1.82) is 0 Å². The molecule has 5 fully saturated rings. The van der Waals surface area contributed by atoms with Crippen LogP contribution in [0.5, 0.6) is 5.75 Å². The van der Waals surface area contributed by atoms with Crippen molar-refractivity contribution in [1.82, 2.24) is 48.2 Å². The lowest BCUT2D eigenvalue weighted by Crippen LogP contribution is -2.39. The maximum atomic E-state index is 12.7. The molecule has 4 saturated heterocycles. The summed E-state index contributed by atoms with van der Waals surface area (Å²) >= 11 is 0. The van der Waals surface area contributed by atoms with Crippen molar-refractivity contribution in [2.45, 2.75) is 119 Å². The summed E-state index contributed by atoms with van der Waals surface area (Å²) in [6.07, 6.45) is 24.1. The van der Waals surface area contributed by atoms with Gasteiger partial charge in [0.05, 0.1) is 17.8 Å². The van der Waals surface area contributed by atoms with Crippen LogP contribution in [0.25, 0.3) is 60.1 Å². The van der Waals surface area contributed by atoms with E-state index in [1.165, 1.54) is 71.4 Å². The second kappa shape index (κ2) is 33.2.